The summed E-state index contributed by atoms with van der Waals surface area (Å²) in [5.41, 5.74) is 0.434. The van der Waals surface area contributed by atoms with Crippen molar-refractivity contribution in [1.29, 1.82) is 0 Å². The van der Waals surface area contributed by atoms with E-state index in [4.69, 9.17) is 27.9 Å². The van der Waals surface area contributed by atoms with Crippen molar-refractivity contribution < 1.29 is 19.1 Å². The molecule has 0 saturated heterocycles. The lowest BCUT2D eigenvalue weighted by atomic mass is 9.96. The Balaban J connectivity index is 1.80. The summed E-state index contributed by atoms with van der Waals surface area (Å²) < 4.78 is 5.07. The van der Waals surface area contributed by atoms with Gasteiger partial charge in [0.25, 0.3) is 5.91 Å². The average molecular weight is 401 g/mol. The van der Waals surface area contributed by atoms with Gasteiger partial charge in [0, 0.05) is 21.7 Å². The zero-order valence-electron chi connectivity index (χ0n) is 14.5. The van der Waals surface area contributed by atoms with Crippen LogP contribution in [0.25, 0.3) is 0 Å². The first-order valence-corrected chi connectivity index (χ1v) is 9.36. The molecule has 0 bridgehead atoms. The minimum absolute atomic E-state index is 0.0803. The number of carbonyl (C=O) groups excluding carboxylic acids is 3. The van der Waals surface area contributed by atoms with Gasteiger partial charge in [0.15, 0.2) is 6.10 Å². The second kappa shape index (κ2) is 9.78. The topological polar surface area (TPSA) is 84.5 Å². The molecule has 1 saturated carbocycles. The minimum atomic E-state index is -1.11. The molecule has 0 heterocycles. The molecular weight excluding hydrogens is 379 g/mol. The molecule has 0 spiro atoms. The number of halogens is 2. The molecule has 2 rings (SSSR count). The summed E-state index contributed by atoms with van der Waals surface area (Å²) in [7, 11) is 0. The molecule has 1 aliphatic rings. The van der Waals surface area contributed by atoms with Crippen molar-refractivity contribution in [3.8, 4) is 0 Å². The number of imide groups is 1. The molecule has 0 radical (unpaired) electrons. The number of ether oxygens (including phenoxy) is 1. The molecule has 3 amide bonds. The van der Waals surface area contributed by atoms with Gasteiger partial charge in [-0.05, 0) is 31.9 Å². The summed E-state index contributed by atoms with van der Waals surface area (Å²) in [5.74, 6) is -1.34. The molecule has 1 atom stereocenters. The molecule has 1 aromatic carbocycles. The number of amides is 3. The summed E-state index contributed by atoms with van der Waals surface area (Å²) >= 11 is 12.0. The third-order valence-corrected chi connectivity index (χ3v) is 4.95. The van der Waals surface area contributed by atoms with Crippen molar-refractivity contribution in [2.75, 3.05) is 0 Å². The summed E-state index contributed by atoms with van der Waals surface area (Å²) in [6, 6.07) is 4.40. The Morgan fingerprint density at radius 3 is 2.38 bits per heavy atom. The molecule has 1 aromatic rings. The van der Waals surface area contributed by atoms with Gasteiger partial charge in [-0.15, -0.1) is 0 Å². The third-order valence-electron chi connectivity index (χ3n) is 4.24. The second-order valence-corrected chi connectivity index (χ2v) is 7.12. The maximum Gasteiger partial charge on any atom is 0.321 e. The van der Waals surface area contributed by atoms with Gasteiger partial charge in [-0.25, -0.2) is 4.79 Å². The van der Waals surface area contributed by atoms with Crippen molar-refractivity contribution >= 4 is 41.1 Å². The van der Waals surface area contributed by atoms with E-state index in [-0.39, 0.29) is 12.5 Å². The zero-order valence-corrected chi connectivity index (χ0v) is 16.0. The molecule has 0 unspecified atom stereocenters. The summed E-state index contributed by atoms with van der Waals surface area (Å²) in [6.07, 6.45) is 3.84. The normalized spacial score (nSPS) is 15.8. The number of carbonyl (C=O) groups is 3. The number of rotatable bonds is 5. The molecule has 1 fully saturated rings. The Labute approximate surface area is 162 Å². The highest BCUT2D eigenvalue weighted by Crippen LogP contribution is 2.25. The quantitative estimate of drug-likeness (QED) is 0.738. The number of urea groups is 1. The fourth-order valence-electron chi connectivity index (χ4n) is 2.82. The van der Waals surface area contributed by atoms with Gasteiger partial charge in [-0.3, -0.25) is 14.9 Å². The molecule has 8 heteroatoms. The van der Waals surface area contributed by atoms with Crippen molar-refractivity contribution in [1.82, 2.24) is 10.6 Å². The maximum atomic E-state index is 12.0. The number of nitrogens with one attached hydrogen (secondary N) is 2. The maximum absolute atomic E-state index is 12.0. The molecule has 0 aromatic heterocycles. The lowest BCUT2D eigenvalue weighted by molar-refractivity contribution is -0.153. The van der Waals surface area contributed by atoms with E-state index in [0.29, 0.717) is 15.6 Å². The van der Waals surface area contributed by atoms with E-state index in [1.807, 2.05) is 0 Å². The van der Waals surface area contributed by atoms with E-state index in [9.17, 15) is 14.4 Å². The van der Waals surface area contributed by atoms with E-state index in [1.54, 1.807) is 18.2 Å². The second-order valence-electron chi connectivity index (χ2n) is 6.31. The zero-order chi connectivity index (χ0) is 19.1. The van der Waals surface area contributed by atoms with Crippen LogP contribution in [0.2, 0.25) is 10.0 Å². The first-order chi connectivity index (χ1) is 12.4. The first-order valence-electron chi connectivity index (χ1n) is 8.60. The SMILES string of the molecule is C[C@@H](OC(=O)Cc1c(Cl)cccc1Cl)C(=O)NC(=O)NC1CCCCC1. The van der Waals surface area contributed by atoms with Gasteiger partial charge in [0.2, 0.25) is 0 Å². The van der Waals surface area contributed by atoms with E-state index >= 15 is 0 Å². The van der Waals surface area contributed by atoms with Gasteiger partial charge in [0.1, 0.15) is 0 Å². The van der Waals surface area contributed by atoms with Gasteiger partial charge in [0.05, 0.1) is 6.42 Å². The van der Waals surface area contributed by atoms with E-state index < -0.39 is 24.0 Å². The van der Waals surface area contributed by atoms with Gasteiger partial charge >= 0.3 is 12.0 Å². The predicted octanol–water partition coefficient (Wildman–Crippen LogP) is 3.63. The molecule has 142 valence electrons. The van der Waals surface area contributed by atoms with E-state index in [0.717, 1.165) is 25.7 Å². The largest absolute Gasteiger partial charge is 0.452 e. The molecular formula is C18H22Cl2N2O4. The van der Waals surface area contributed by atoms with Crippen molar-refractivity contribution in [2.45, 2.75) is 57.6 Å². The summed E-state index contributed by atoms with van der Waals surface area (Å²) in [4.78, 5) is 35.9. The Hall–Kier alpha value is -1.79. The van der Waals surface area contributed by atoms with Crippen LogP contribution in [0.5, 0.6) is 0 Å². The first kappa shape index (κ1) is 20.5. The number of benzene rings is 1. The average Bonchev–Trinajstić information content (AvgIpc) is 2.59. The molecule has 2 N–H and O–H groups in total. The third kappa shape index (κ3) is 6.18. The summed E-state index contributed by atoms with van der Waals surface area (Å²) in [5, 5.41) is 5.66. The Bertz CT molecular complexity index is 655. The van der Waals surface area contributed by atoms with Crippen LogP contribution in [0.15, 0.2) is 18.2 Å². The van der Waals surface area contributed by atoms with Crippen LogP contribution in [0.1, 0.15) is 44.6 Å². The van der Waals surface area contributed by atoms with Gasteiger partial charge in [-0.2, -0.15) is 0 Å². The van der Waals surface area contributed by atoms with Crippen molar-refractivity contribution in [2.24, 2.45) is 0 Å². The highest BCUT2D eigenvalue weighted by molar-refractivity contribution is 6.36. The Morgan fingerprint density at radius 2 is 1.77 bits per heavy atom. The predicted molar refractivity (Wildman–Crippen MR) is 99.3 cm³/mol. The van der Waals surface area contributed by atoms with Crippen molar-refractivity contribution in [3.05, 3.63) is 33.8 Å². The van der Waals surface area contributed by atoms with Crippen LogP contribution in [-0.2, 0) is 20.7 Å². The number of hydrogen-bond donors (Lipinski definition) is 2. The Morgan fingerprint density at radius 1 is 1.15 bits per heavy atom. The summed E-state index contributed by atoms with van der Waals surface area (Å²) in [6.45, 7) is 1.40. The minimum Gasteiger partial charge on any atom is -0.452 e. The van der Waals surface area contributed by atoms with E-state index in [1.165, 1.54) is 13.3 Å². The fraction of sp³-hybridized carbons (Fsp3) is 0.500. The monoisotopic (exact) mass is 400 g/mol. The van der Waals surface area contributed by atoms with Gasteiger partial charge in [-0.1, -0.05) is 48.5 Å². The highest BCUT2D eigenvalue weighted by Gasteiger charge is 2.23. The molecule has 1 aliphatic carbocycles. The fourth-order valence-corrected chi connectivity index (χ4v) is 3.35. The van der Waals surface area contributed by atoms with Crippen LogP contribution in [0.4, 0.5) is 4.79 Å². The van der Waals surface area contributed by atoms with Crippen LogP contribution >= 0.6 is 23.2 Å². The molecule has 6 nitrogen and oxygen atoms in total. The highest BCUT2D eigenvalue weighted by atomic mass is 35.5. The molecule has 26 heavy (non-hydrogen) atoms. The lowest BCUT2D eigenvalue weighted by Gasteiger charge is -2.23. The van der Waals surface area contributed by atoms with Crippen LogP contribution in [-0.4, -0.2) is 30.1 Å². The standard InChI is InChI=1S/C18H22Cl2N2O4/c1-11(17(24)22-18(25)21-12-6-3-2-4-7-12)26-16(23)10-13-14(19)8-5-9-15(13)20/h5,8-9,11-12H,2-4,6-7,10H2,1H3,(H2,21,22,24,25)/t11-/m1/s1. The van der Waals surface area contributed by atoms with Crippen LogP contribution in [0.3, 0.4) is 0 Å². The Kier molecular flexibility index (Phi) is 7.72. The lowest BCUT2D eigenvalue weighted by Crippen LogP contribution is -2.48. The van der Waals surface area contributed by atoms with Crippen molar-refractivity contribution in [3.63, 3.8) is 0 Å². The molecule has 0 aliphatic heterocycles. The van der Waals surface area contributed by atoms with E-state index in [2.05, 4.69) is 10.6 Å². The smallest absolute Gasteiger partial charge is 0.321 e. The van der Waals surface area contributed by atoms with Gasteiger partial charge < -0.3 is 10.1 Å². The number of hydrogen-bond acceptors (Lipinski definition) is 4. The number of esters is 1. The van der Waals surface area contributed by atoms with Crippen LogP contribution < -0.4 is 10.6 Å². The van der Waals surface area contributed by atoms with Crippen LogP contribution in [0, 0.1) is 0 Å².